The molecule has 0 amide bonds. The summed E-state index contributed by atoms with van der Waals surface area (Å²) >= 11 is 0. The van der Waals surface area contributed by atoms with Crippen molar-refractivity contribution in [1.82, 2.24) is 19.6 Å². The molecule has 6 heteroatoms. The lowest BCUT2D eigenvalue weighted by atomic mass is 10.1. The van der Waals surface area contributed by atoms with Gasteiger partial charge in [0.1, 0.15) is 11.3 Å². The molecule has 0 aliphatic heterocycles. The lowest BCUT2D eigenvalue weighted by Crippen LogP contribution is -2.26. The molecule has 1 aliphatic carbocycles. The van der Waals surface area contributed by atoms with Gasteiger partial charge in [-0.1, -0.05) is 30.3 Å². The molecule has 28 heavy (non-hydrogen) atoms. The fourth-order valence-corrected chi connectivity index (χ4v) is 3.65. The third-order valence-corrected chi connectivity index (χ3v) is 5.24. The van der Waals surface area contributed by atoms with Crippen molar-refractivity contribution in [3.63, 3.8) is 0 Å². The number of hydrogen-bond donors (Lipinski definition) is 0. The molecule has 1 fully saturated rings. The van der Waals surface area contributed by atoms with Gasteiger partial charge in [0.2, 0.25) is 0 Å². The first-order valence-corrected chi connectivity index (χ1v) is 9.41. The lowest BCUT2D eigenvalue weighted by molar-refractivity contribution is 0.606. The molecule has 5 nitrogen and oxygen atoms in total. The average Bonchev–Trinajstić information content (AvgIpc) is 3.43. The van der Waals surface area contributed by atoms with Crippen molar-refractivity contribution in [2.75, 3.05) is 0 Å². The summed E-state index contributed by atoms with van der Waals surface area (Å²) in [7, 11) is 0. The monoisotopic (exact) mass is 374 g/mol. The van der Waals surface area contributed by atoms with Crippen molar-refractivity contribution in [1.29, 1.82) is 0 Å². The van der Waals surface area contributed by atoms with Gasteiger partial charge < -0.3 is 0 Å². The van der Waals surface area contributed by atoms with Crippen molar-refractivity contribution in [2.45, 2.75) is 32.2 Å². The third kappa shape index (κ3) is 2.81. The van der Waals surface area contributed by atoms with Crippen molar-refractivity contribution >= 4 is 10.9 Å². The molecular weight excluding hydrogens is 355 g/mol. The van der Waals surface area contributed by atoms with Crippen LogP contribution in [0.3, 0.4) is 0 Å². The predicted octanol–water partition coefficient (Wildman–Crippen LogP) is 3.96. The highest BCUT2D eigenvalue weighted by atomic mass is 19.1. The highest BCUT2D eigenvalue weighted by molar-refractivity contribution is 5.82. The third-order valence-electron chi connectivity index (χ3n) is 5.24. The van der Waals surface area contributed by atoms with Crippen LogP contribution >= 0.6 is 0 Å². The van der Waals surface area contributed by atoms with Crippen molar-refractivity contribution < 1.29 is 4.39 Å². The summed E-state index contributed by atoms with van der Waals surface area (Å²) < 4.78 is 16.8. The molecule has 0 N–H and O–H groups in total. The minimum Gasteiger partial charge on any atom is -0.265 e. The number of benzene rings is 2. The molecule has 4 aromatic rings. The average molecular weight is 374 g/mol. The molecule has 1 saturated carbocycles. The molecule has 0 saturated heterocycles. The normalized spacial score (nSPS) is 13.9. The van der Waals surface area contributed by atoms with Crippen LogP contribution in [0.2, 0.25) is 0 Å². The Morgan fingerprint density at radius 3 is 2.71 bits per heavy atom. The Balaban J connectivity index is 1.74. The second kappa shape index (κ2) is 6.41. The Bertz CT molecular complexity index is 1250. The zero-order valence-corrected chi connectivity index (χ0v) is 15.5. The molecule has 140 valence electrons. The number of para-hydroxylation sites is 1. The van der Waals surface area contributed by atoms with E-state index in [0.717, 1.165) is 35.2 Å². The molecule has 5 rings (SSSR count). The fraction of sp³-hybridized carbons (Fsp3) is 0.227. The predicted molar refractivity (Wildman–Crippen MR) is 105 cm³/mol. The number of halogens is 1. The van der Waals surface area contributed by atoms with E-state index in [1.54, 1.807) is 23.0 Å². The summed E-state index contributed by atoms with van der Waals surface area (Å²) in [5.41, 5.74) is 3.84. The van der Waals surface area contributed by atoms with E-state index in [2.05, 4.69) is 10.2 Å². The zero-order chi connectivity index (χ0) is 19.3. The fourth-order valence-electron chi connectivity index (χ4n) is 3.65. The standard InChI is InChI=1S/C22H19FN4O/c1-14-5-2-3-8-19(14)27-21-18(12-24-27)20(16-9-10-16)25-26(22(21)28)13-15-6-4-7-17(23)11-15/h2-8,11-12,16H,9-10,13H2,1H3. The quantitative estimate of drug-likeness (QED) is 0.543. The molecule has 0 spiro atoms. The van der Waals surface area contributed by atoms with Crippen molar-refractivity contribution in [2.24, 2.45) is 0 Å². The summed E-state index contributed by atoms with van der Waals surface area (Å²) in [5.74, 6) is 0.0374. The van der Waals surface area contributed by atoms with Gasteiger partial charge in [0.15, 0.2) is 0 Å². The first-order chi connectivity index (χ1) is 13.6. The lowest BCUT2D eigenvalue weighted by Gasteiger charge is -2.11. The number of fused-ring (bicyclic) bond motifs is 1. The van der Waals surface area contributed by atoms with Gasteiger partial charge >= 0.3 is 0 Å². The second-order valence-corrected chi connectivity index (χ2v) is 7.36. The number of aromatic nitrogens is 4. The van der Waals surface area contributed by atoms with Crippen LogP contribution in [0.4, 0.5) is 4.39 Å². The molecular formula is C22H19FN4O. The topological polar surface area (TPSA) is 52.7 Å². The van der Waals surface area contributed by atoms with Gasteiger partial charge in [-0.05, 0) is 49.1 Å². The minimum absolute atomic E-state index is 0.218. The Hall–Kier alpha value is -3.28. The van der Waals surface area contributed by atoms with Gasteiger partial charge in [-0.2, -0.15) is 10.2 Å². The summed E-state index contributed by atoms with van der Waals surface area (Å²) in [6.07, 6.45) is 3.88. The van der Waals surface area contributed by atoms with Crippen LogP contribution in [0.15, 0.2) is 59.5 Å². The smallest absolute Gasteiger partial charge is 0.265 e. The van der Waals surface area contributed by atoms with E-state index < -0.39 is 0 Å². The molecule has 0 bridgehead atoms. The van der Waals surface area contributed by atoms with Crippen LogP contribution in [-0.2, 0) is 6.54 Å². The molecule has 2 aromatic heterocycles. The first kappa shape index (κ1) is 16.9. The van der Waals surface area contributed by atoms with Crippen LogP contribution in [0.5, 0.6) is 0 Å². The molecule has 0 unspecified atom stereocenters. The Labute approximate surface area is 161 Å². The van der Waals surface area contributed by atoms with Gasteiger partial charge in [0.25, 0.3) is 5.56 Å². The molecule has 0 radical (unpaired) electrons. The van der Waals surface area contributed by atoms with Gasteiger partial charge in [-0.3, -0.25) is 4.79 Å². The maximum atomic E-state index is 13.6. The molecule has 2 aromatic carbocycles. The highest BCUT2D eigenvalue weighted by Crippen LogP contribution is 2.41. The Morgan fingerprint density at radius 2 is 1.96 bits per heavy atom. The van der Waals surface area contributed by atoms with Crippen LogP contribution in [-0.4, -0.2) is 19.6 Å². The maximum absolute atomic E-state index is 13.6. The van der Waals surface area contributed by atoms with Crippen molar-refractivity contribution in [3.8, 4) is 5.69 Å². The second-order valence-electron chi connectivity index (χ2n) is 7.36. The summed E-state index contributed by atoms with van der Waals surface area (Å²) in [4.78, 5) is 13.3. The molecule has 1 aliphatic rings. The Kier molecular flexibility index (Phi) is 3.86. The van der Waals surface area contributed by atoms with E-state index in [1.165, 1.54) is 16.8 Å². The van der Waals surface area contributed by atoms with E-state index in [0.29, 0.717) is 17.0 Å². The largest absolute Gasteiger partial charge is 0.293 e. The van der Waals surface area contributed by atoms with Gasteiger partial charge in [-0.15, -0.1) is 0 Å². The van der Waals surface area contributed by atoms with Gasteiger partial charge in [-0.25, -0.2) is 13.8 Å². The van der Waals surface area contributed by atoms with Crippen molar-refractivity contribution in [3.05, 3.63) is 87.7 Å². The number of nitrogens with zero attached hydrogens (tertiary/aromatic N) is 4. The molecule has 2 heterocycles. The van der Waals surface area contributed by atoms with Crippen LogP contribution in [0.1, 0.15) is 35.6 Å². The zero-order valence-electron chi connectivity index (χ0n) is 15.5. The molecule has 0 atom stereocenters. The number of rotatable bonds is 4. The number of hydrogen-bond acceptors (Lipinski definition) is 3. The van der Waals surface area contributed by atoms with Crippen LogP contribution in [0.25, 0.3) is 16.6 Å². The Morgan fingerprint density at radius 1 is 1.14 bits per heavy atom. The number of aryl methyl sites for hydroxylation is 1. The van der Waals surface area contributed by atoms with Gasteiger partial charge in [0, 0.05) is 11.3 Å². The highest BCUT2D eigenvalue weighted by Gasteiger charge is 2.30. The maximum Gasteiger partial charge on any atom is 0.293 e. The van der Waals surface area contributed by atoms with E-state index in [9.17, 15) is 9.18 Å². The van der Waals surface area contributed by atoms with E-state index >= 15 is 0 Å². The van der Waals surface area contributed by atoms with Gasteiger partial charge in [0.05, 0.1) is 24.1 Å². The van der Waals surface area contributed by atoms with E-state index in [1.807, 2.05) is 31.2 Å². The van der Waals surface area contributed by atoms with Crippen LogP contribution < -0.4 is 5.56 Å². The summed E-state index contributed by atoms with van der Waals surface area (Å²) in [6, 6.07) is 14.1. The first-order valence-electron chi connectivity index (χ1n) is 9.41. The summed E-state index contributed by atoms with van der Waals surface area (Å²) in [6.45, 7) is 2.22. The van der Waals surface area contributed by atoms with Crippen LogP contribution in [0, 0.1) is 12.7 Å². The minimum atomic E-state index is -0.320. The van der Waals surface area contributed by atoms with E-state index in [-0.39, 0.29) is 17.9 Å². The summed E-state index contributed by atoms with van der Waals surface area (Å²) in [5, 5.41) is 9.98. The van der Waals surface area contributed by atoms with E-state index in [4.69, 9.17) is 0 Å². The SMILES string of the molecule is Cc1ccccc1-n1ncc2c(C3CC3)nn(Cc3cccc(F)c3)c(=O)c21.